The van der Waals surface area contributed by atoms with Gasteiger partial charge in [-0.25, -0.2) is 0 Å². The van der Waals surface area contributed by atoms with Crippen molar-refractivity contribution in [2.45, 2.75) is 0 Å². The van der Waals surface area contributed by atoms with Crippen molar-refractivity contribution in [3.8, 4) is 34.3 Å². The molecule has 1 aliphatic carbocycles. The number of rotatable bonds is 4. The summed E-state index contributed by atoms with van der Waals surface area (Å²) in [5, 5.41) is 11.9. The summed E-state index contributed by atoms with van der Waals surface area (Å²) in [7, 11) is 3.27. The molecule has 0 atom stereocenters. The molecular weight excluding hydrogens is 334 g/mol. The molecule has 0 amide bonds. The fraction of sp³-hybridized carbons (Fsp3) is 0.158. The van der Waals surface area contributed by atoms with Gasteiger partial charge in [-0.2, -0.15) is 0 Å². The summed E-state index contributed by atoms with van der Waals surface area (Å²) >= 11 is 0. The van der Waals surface area contributed by atoms with Gasteiger partial charge in [0.1, 0.15) is 5.82 Å². The van der Waals surface area contributed by atoms with E-state index in [0.29, 0.717) is 11.5 Å². The van der Waals surface area contributed by atoms with Gasteiger partial charge in [0, 0.05) is 22.7 Å². The van der Waals surface area contributed by atoms with Gasteiger partial charge in [0.2, 0.25) is 6.79 Å². The molecule has 2 aromatic carbocycles. The van der Waals surface area contributed by atoms with Crippen LogP contribution in [-0.2, 0) is 0 Å². The van der Waals surface area contributed by atoms with Crippen molar-refractivity contribution < 1.29 is 18.9 Å². The van der Waals surface area contributed by atoms with Crippen LogP contribution in [0.1, 0.15) is 0 Å². The first kappa shape index (κ1) is 14.8. The van der Waals surface area contributed by atoms with Crippen LogP contribution in [0.2, 0.25) is 0 Å². The van der Waals surface area contributed by atoms with Crippen molar-refractivity contribution in [3.63, 3.8) is 0 Å². The van der Waals surface area contributed by atoms with E-state index in [1.54, 1.807) is 14.2 Å². The molecule has 0 saturated carbocycles. The molecule has 7 nitrogen and oxygen atoms in total. The number of H-pyrrole nitrogens is 2. The molecule has 2 heterocycles. The zero-order chi connectivity index (χ0) is 17.7. The van der Waals surface area contributed by atoms with Crippen LogP contribution in [0, 0.1) is 0 Å². The lowest BCUT2D eigenvalue weighted by molar-refractivity contribution is 0.174. The fourth-order valence-corrected chi connectivity index (χ4v) is 3.34. The summed E-state index contributed by atoms with van der Waals surface area (Å²) in [4.78, 5) is 0. The SMILES string of the molecule is COc1cc2cc3c(Nc4ccc5c(c4)OCO5)[nH][nH]c-3c2cc1OC. The predicted molar refractivity (Wildman–Crippen MR) is 98.2 cm³/mol. The average molecular weight is 351 g/mol. The normalized spacial score (nSPS) is 12.7. The van der Waals surface area contributed by atoms with Gasteiger partial charge in [-0.15, -0.1) is 0 Å². The number of ether oxygens (including phenoxy) is 4. The van der Waals surface area contributed by atoms with E-state index in [1.807, 2.05) is 30.3 Å². The topological polar surface area (TPSA) is 80.5 Å². The van der Waals surface area contributed by atoms with Crippen LogP contribution < -0.4 is 24.3 Å². The van der Waals surface area contributed by atoms with Crippen molar-refractivity contribution in [2.24, 2.45) is 0 Å². The van der Waals surface area contributed by atoms with E-state index in [-0.39, 0.29) is 6.79 Å². The maximum Gasteiger partial charge on any atom is 0.231 e. The van der Waals surface area contributed by atoms with E-state index in [1.165, 1.54) is 0 Å². The first-order chi connectivity index (χ1) is 12.8. The van der Waals surface area contributed by atoms with Gasteiger partial charge < -0.3 is 24.3 Å². The Hall–Kier alpha value is -3.48. The number of aromatic nitrogens is 2. The monoisotopic (exact) mass is 351 g/mol. The van der Waals surface area contributed by atoms with Crippen LogP contribution in [0.4, 0.5) is 11.5 Å². The first-order valence-electron chi connectivity index (χ1n) is 8.18. The highest BCUT2D eigenvalue weighted by Crippen LogP contribution is 2.43. The molecule has 2 aromatic rings. The van der Waals surface area contributed by atoms with E-state index < -0.39 is 0 Å². The Bertz CT molecular complexity index is 1080. The third-order valence-electron chi connectivity index (χ3n) is 4.62. The molecule has 0 radical (unpaired) electrons. The number of benzene rings is 2. The van der Waals surface area contributed by atoms with Crippen molar-refractivity contribution in [1.29, 1.82) is 0 Å². The number of hydrogen-bond donors (Lipinski definition) is 3. The molecule has 26 heavy (non-hydrogen) atoms. The molecule has 0 saturated heterocycles. The summed E-state index contributed by atoms with van der Waals surface area (Å²) in [6.45, 7) is 0.261. The summed E-state index contributed by atoms with van der Waals surface area (Å²) in [5.74, 6) is 3.78. The van der Waals surface area contributed by atoms with Crippen LogP contribution in [0.3, 0.4) is 0 Å². The first-order valence-corrected chi connectivity index (χ1v) is 8.18. The van der Waals surface area contributed by atoms with E-state index in [0.717, 1.165) is 45.0 Å². The molecule has 2 aliphatic heterocycles. The lowest BCUT2D eigenvalue weighted by Crippen LogP contribution is -1.93. The largest absolute Gasteiger partial charge is 0.493 e. The molecule has 0 aromatic heterocycles. The van der Waals surface area contributed by atoms with Crippen molar-refractivity contribution in [1.82, 2.24) is 10.2 Å². The second-order valence-electron chi connectivity index (χ2n) is 6.05. The Labute approximate surface area is 149 Å². The van der Waals surface area contributed by atoms with Crippen LogP contribution in [0.15, 0.2) is 36.4 Å². The highest BCUT2D eigenvalue weighted by Gasteiger charge is 2.20. The maximum atomic E-state index is 5.44. The molecule has 132 valence electrons. The summed E-state index contributed by atoms with van der Waals surface area (Å²) < 4.78 is 21.6. The zero-order valence-corrected chi connectivity index (χ0v) is 14.3. The van der Waals surface area contributed by atoms with Crippen molar-refractivity contribution in [2.75, 3.05) is 26.3 Å². The Balaban J connectivity index is 1.55. The third-order valence-corrected chi connectivity index (χ3v) is 4.62. The van der Waals surface area contributed by atoms with Crippen LogP contribution in [0.5, 0.6) is 23.0 Å². The molecule has 0 fully saturated rings. The second kappa shape index (κ2) is 5.52. The molecule has 0 bridgehead atoms. The van der Waals surface area contributed by atoms with E-state index in [4.69, 9.17) is 18.9 Å². The second-order valence-corrected chi connectivity index (χ2v) is 6.05. The molecular formula is C19H17N3O4. The van der Waals surface area contributed by atoms with Gasteiger partial charge in [0.05, 0.1) is 19.9 Å². The zero-order valence-electron chi connectivity index (χ0n) is 14.3. The van der Waals surface area contributed by atoms with Gasteiger partial charge >= 0.3 is 0 Å². The van der Waals surface area contributed by atoms with Crippen LogP contribution >= 0.6 is 0 Å². The van der Waals surface area contributed by atoms with E-state index in [9.17, 15) is 0 Å². The molecule has 0 unspecified atom stereocenters. The lowest BCUT2D eigenvalue weighted by atomic mass is 10.2. The Kier molecular flexibility index (Phi) is 3.15. The highest BCUT2D eigenvalue weighted by molar-refractivity contribution is 6.05. The Morgan fingerprint density at radius 1 is 0.923 bits per heavy atom. The minimum atomic E-state index is 0.261. The molecule has 3 N–H and O–H groups in total. The minimum Gasteiger partial charge on any atom is -0.493 e. The summed E-state index contributed by atoms with van der Waals surface area (Å²) in [6.07, 6.45) is 0. The predicted octanol–water partition coefficient (Wildman–Crippen LogP) is 4.09. The van der Waals surface area contributed by atoms with Gasteiger partial charge in [0.15, 0.2) is 23.0 Å². The molecule has 3 aliphatic rings. The highest BCUT2D eigenvalue weighted by atomic mass is 16.7. The average Bonchev–Trinajstić information content (AvgIpc) is 3.36. The van der Waals surface area contributed by atoms with Gasteiger partial charge in [-0.05, 0) is 35.7 Å². The smallest absolute Gasteiger partial charge is 0.231 e. The van der Waals surface area contributed by atoms with Gasteiger partial charge in [-0.3, -0.25) is 10.2 Å². The minimum absolute atomic E-state index is 0.261. The standard InChI is InChI=1S/C19H17N3O4/c1-23-15-6-10-5-13-18(12(10)8-16(15)24-2)21-22-19(13)20-11-3-4-14-17(7-11)26-9-25-14/h3-8,20-22H,9H2,1-2H3. The summed E-state index contributed by atoms with van der Waals surface area (Å²) in [5.41, 5.74) is 2.96. The van der Waals surface area contributed by atoms with Gasteiger partial charge in [-0.1, -0.05) is 0 Å². The van der Waals surface area contributed by atoms with Crippen molar-refractivity contribution >= 4 is 22.3 Å². The quantitative estimate of drug-likeness (QED) is 0.516. The van der Waals surface area contributed by atoms with E-state index >= 15 is 0 Å². The van der Waals surface area contributed by atoms with Crippen molar-refractivity contribution in [3.05, 3.63) is 36.4 Å². The van der Waals surface area contributed by atoms with E-state index in [2.05, 4.69) is 21.6 Å². The third kappa shape index (κ3) is 2.13. The Morgan fingerprint density at radius 3 is 2.58 bits per heavy atom. The molecule has 5 rings (SSSR count). The lowest BCUT2D eigenvalue weighted by Gasteiger charge is -2.07. The number of methoxy groups -OCH3 is 2. The van der Waals surface area contributed by atoms with Crippen LogP contribution in [-0.4, -0.2) is 31.2 Å². The maximum absolute atomic E-state index is 5.44. The fourth-order valence-electron chi connectivity index (χ4n) is 3.34. The van der Waals surface area contributed by atoms with Gasteiger partial charge in [0.25, 0.3) is 0 Å². The molecule has 0 spiro atoms. The Morgan fingerprint density at radius 2 is 1.73 bits per heavy atom. The number of anilines is 2. The summed E-state index contributed by atoms with van der Waals surface area (Å²) in [6, 6.07) is 11.8. The van der Waals surface area contributed by atoms with Crippen LogP contribution in [0.25, 0.3) is 22.0 Å². The number of nitrogens with one attached hydrogen (secondary N) is 3. The molecule has 7 heteroatoms. The number of fused-ring (bicyclic) bond motifs is 4. The number of hydrogen-bond acceptors (Lipinski definition) is 5. The number of aromatic amines is 2.